The lowest BCUT2D eigenvalue weighted by Gasteiger charge is -2.22. The van der Waals surface area contributed by atoms with Gasteiger partial charge in [-0.3, -0.25) is 19.8 Å². The minimum absolute atomic E-state index is 0.0647. The van der Waals surface area contributed by atoms with Crippen LogP contribution in [-0.2, 0) is 16.9 Å². The third kappa shape index (κ3) is 3.61. The first-order valence-corrected chi connectivity index (χ1v) is 8.13. The van der Waals surface area contributed by atoms with E-state index in [1.165, 1.54) is 55.5 Å². The zero-order valence-electron chi connectivity index (χ0n) is 14.6. The molecule has 0 aromatic heterocycles. The summed E-state index contributed by atoms with van der Waals surface area (Å²) in [5, 5.41) is 13.3. The second kappa shape index (κ2) is 7.22. The van der Waals surface area contributed by atoms with Crippen molar-refractivity contribution in [3.8, 4) is 5.75 Å². The van der Waals surface area contributed by atoms with Crippen molar-refractivity contribution < 1.29 is 28.0 Å². The quantitative estimate of drug-likeness (QED) is 0.463. The fourth-order valence-corrected chi connectivity index (χ4v) is 2.91. The van der Waals surface area contributed by atoms with Crippen LogP contribution in [0.25, 0.3) is 0 Å². The molecule has 1 fully saturated rings. The van der Waals surface area contributed by atoms with Gasteiger partial charge in [0.1, 0.15) is 11.3 Å². The van der Waals surface area contributed by atoms with Gasteiger partial charge in [-0.2, -0.15) is 8.78 Å². The number of nitrogens with zero attached hydrogens (tertiary/aromatic N) is 2. The Balaban J connectivity index is 1.79. The number of nitro groups is 1. The largest absolute Gasteiger partial charge is 0.435 e. The predicted molar refractivity (Wildman–Crippen MR) is 92.6 cm³/mol. The molecular formula is C18H15F2N3O5. The van der Waals surface area contributed by atoms with Gasteiger partial charge >= 0.3 is 12.6 Å². The third-order valence-corrected chi connectivity index (χ3v) is 4.42. The lowest BCUT2D eigenvalue weighted by molar-refractivity contribution is -0.384. The Morgan fingerprint density at radius 1 is 1.14 bits per heavy atom. The van der Waals surface area contributed by atoms with E-state index >= 15 is 0 Å². The molecule has 1 aliphatic rings. The summed E-state index contributed by atoms with van der Waals surface area (Å²) in [5.74, 6) is -0.597. The zero-order valence-corrected chi connectivity index (χ0v) is 14.6. The topological polar surface area (TPSA) is 102 Å². The minimum Gasteiger partial charge on any atom is -0.435 e. The maximum absolute atomic E-state index is 12.9. The second-order valence-electron chi connectivity index (χ2n) is 6.27. The van der Waals surface area contributed by atoms with E-state index in [-0.39, 0.29) is 18.0 Å². The zero-order chi connectivity index (χ0) is 20.5. The smallest absolute Gasteiger partial charge is 0.387 e. The second-order valence-corrected chi connectivity index (χ2v) is 6.27. The maximum Gasteiger partial charge on any atom is 0.387 e. The molecule has 0 aliphatic carbocycles. The van der Waals surface area contributed by atoms with E-state index in [4.69, 9.17) is 0 Å². The van der Waals surface area contributed by atoms with Gasteiger partial charge in [-0.1, -0.05) is 24.3 Å². The van der Waals surface area contributed by atoms with Crippen LogP contribution < -0.4 is 10.1 Å². The Kier molecular flexibility index (Phi) is 4.95. The number of carbonyl (C=O) groups excluding carboxylic acids is 2. The van der Waals surface area contributed by atoms with Crippen LogP contribution in [-0.4, -0.2) is 28.4 Å². The van der Waals surface area contributed by atoms with Gasteiger partial charge < -0.3 is 10.1 Å². The van der Waals surface area contributed by atoms with Crippen LogP contribution in [0.3, 0.4) is 0 Å². The Hall–Kier alpha value is -3.56. The molecule has 0 bridgehead atoms. The van der Waals surface area contributed by atoms with Gasteiger partial charge in [0, 0.05) is 12.1 Å². The lowest BCUT2D eigenvalue weighted by atomic mass is 9.92. The molecule has 0 saturated carbocycles. The number of imide groups is 1. The number of carbonyl (C=O) groups is 2. The minimum atomic E-state index is -2.97. The molecule has 1 N–H and O–H groups in total. The first-order valence-electron chi connectivity index (χ1n) is 8.13. The molecule has 0 spiro atoms. The molecule has 8 nitrogen and oxygen atoms in total. The van der Waals surface area contributed by atoms with Gasteiger partial charge in [-0.15, -0.1) is 0 Å². The van der Waals surface area contributed by atoms with E-state index < -0.39 is 29.0 Å². The number of halogens is 2. The number of non-ortho nitro benzene ring substituents is 1. The first kappa shape index (κ1) is 19.2. The van der Waals surface area contributed by atoms with Crippen LogP contribution in [0, 0.1) is 10.1 Å². The Bertz CT molecular complexity index is 918. The molecule has 10 heteroatoms. The molecule has 2 aromatic rings. The molecule has 2 aromatic carbocycles. The number of benzene rings is 2. The van der Waals surface area contributed by atoms with Crippen molar-refractivity contribution >= 4 is 17.6 Å². The maximum atomic E-state index is 12.9. The molecule has 146 valence electrons. The highest BCUT2D eigenvalue weighted by Crippen LogP contribution is 2.31. The van der Waals surface area contributed by atoms with Gasteiger partial charge in [-0.25, -0.2) is 4.79 Å². The van der Waals surface area contributed by atoms with Crippen LogP contribution in [0.5, 0.6) is 5.75 Å². The Morgan fingerprint density at radius 3 is 2.29 bits per heavy atom. The van der Waals surface area contributed by atoms with E-state index in [1.807, 2.05) is 0 Å². The molecule has 0 radical (unpaired) electrons. The number of urea groups is 1. The van der Waals surface area contributed by atoms with E-state index in [0.717, 1.165) is 4.90 Å². The van der Waals surface area contributed by atoms with E-state index in [1.54, 1.807) is 0 Å². The number of rotatable bonds is 6. The number of nitrogens with one attached hydrogen (secondary N) is 1. The fourth-order valence-electron chi connectivity index (χ4n) is 2.91. The molecule has 1 saturated heterocycles. The lowest BCUT2D eigenvalue weighted by Crippen LogP contribution is -2.40. The molecule has 1 atom stereocenters. The van der Waals surface area contributed by atoms with Gasteiger partial charge in [0.2, 0.25) is 0 Å². The highest BCUT2D eigenvalue weighted by molar-refractivity contribution is 6.07. The molecular weight excluding hydrogens is 376 g/mol. The summed E-state index contributed by atoms with van der Waals surface area (Å²) in [5.41, 5.74) is -0.532. The summed E-state index contributed by atoms with van der Waals surface area (Å²) < 4.78 is 28.8. The number of amides is 3. The van der Waals surface area contributed by atoms with Crippen molar-refractivity contribution in [3.63, 3.8) is 0 Å². The standard InChI is InChI=1S/C18H15F2N3O5/c1-18(12-4-8-14(9-5-12)28-16(19)20)15(24)22(17(25)21-18)10-11-2-6-13(7-3-11)23(26)27/h2-9,16H,10H2,1H3,(H,21,25)/t18-/m0/s1. The normalized spacial score (nSPS) is 19.1. The van der Waals surface area contributed by atoms with Gasteiger partial charge in [0.15, 0.2) is 0 Å². The average Bonchev–Trinajstić information content (AvgIpc) is 2.86. The first-order chi connectivity index (χ1) is 13.2. The third-order valence-electron chi connectivity index (χ3n) is 4.42. The van der Waals surface area contributed by atoms with Crippen molar-refractivity contribution in [2.75, 3.05) is 0 Å². The highest BCUT2D eigenvalue weighted by atomic mass is 19.3. The number of alkyl halides is 2. The molecule has 28 heavy (non-hydrogen) atoms. The number of hydrogen-bond acceptors (Lipinski definition) is 5. The Labute approximate surface area is 157 Å². The molecule has 0 unspecified atom stereocenters. The van der Waals surface area contributed by atoms with Crippen LogP contribution in [0.4, 0.5) is 19.3 Å². The van der Waals surface area contributed by atoms with Gasteiger partial charge in [0.25, 0.3) is 11.6 Å². The van der Waals surface area contributed by atoms with Gasteiger partial charge in [0.05, 0.1) is 11.5 Å². The summed E-state index contributed by atoms with van der Waals surface area (Å²) in [4.78, 5) is 36.3. The highest BCUT2D eigenvalue weighted by Gasteiger charge is 2.48. The fraction of sp³-hybridized carbons (Fsp3) is 0.222. The van der Waals surface area contributed by atoms with Crippen LogP contribution >= 0.6 is 0 Å². The van der Waals surface area contributed by atoms with Crippen molar-refractivity contribution in [1.29, 1.82) is 0 Å². The predicted octanol–water partition coefficient (Wildman–Crippen LogP) is 3.16. The summed E-state index contributed by atoms with van der Waals surface area (Å²) >= 11 is 0. The molecule has 1 heterocycles. The van der Waals surface area contributed by atoms with Crippen LogP contribution in [0.15, 0.2) is 48.5 Å². The molecule has 1 aliphatic heterocycles. The number of ether oxygens (including phenoxy) is 1. The van der Waals surface area contributed by atoms with E-state index in [2.05, 4.69) is 10.1 Å². The van der Waals surface area contributed by atoms with Crippen molar-refractivity contribution in [3.05, 3.63) is 69.8 Å². The van der Waals surface area contributed by atoms with Crippen molar-refractivity contribution in [2.45, 2.75) is 25.6 Å². The van der Waals surface area contributed by atoms with E-state index in [0.29, 0.717) is 11.1 Å². The SMILES string of the molecule is C[C@@]1(c2ccc(OC(F)F)cc2)NC(=O)N(Cc2ccc([N+](=O)[O-])cc2)C1=O. The van der Waals surface area contributed by atoms with Crippen LogP contribution in [0.2, 0.25) is 0 Å². The number of hydrogen-bond donors (Lipinski definition) is 1. The van der Waals surface area contributed by atoms with Crippen molar-refractivity contribution in [2.24, 2.45) is 0 Å². The summed E-state index contributed by atoms with van der Waals surface area (Å²) in [6, 6.07) is 10.3. The summed E-state index contributed by atoms with van der Waals surface area (Å²) in [6.07, 6.45) is 0. The van der Waals surface area contributed by atoms with Crippen molar-refractivity contribution in [1.82, 2.24) is 10.2 Å². The average molecular weight is 391 g/mol. The van der Waals surface area contributed by atoms with Gasteiger partial charge in [-0.05, 0) is 30.2 Å². The summed E-state index contributed by atoms with van der Waals surface area (Å²) in [6.45, 7) is -1.52. The molecule has 3 amide bonds. The van der Waals surface area contributed by atoms with E-state index in [9.17, 15) is 28.5 Å². The monoisotopic (exact) mass is 391 g/mol. The van der Waals surface area contributed by atoms with Crippen LogP contribution in [0.1, 0.15) is 18.1 Å². The summed E-state index contributed by atoms with van der Waals surface area (Å²) in [7, 11) is 0. The molecule has 3 rings (SSSR count). The number of nitro benzene ring substituents is 1. The Morgan fingerprint density at radius 2 is 1.75 bits per heavy atom.